The van der Waals surface area contributed by atoms with Crippen molar-refractivity contribution in [2.24, 2.45) is 0 Å². The molecule has 6 nitrogen and oxygen atoms in total. The van der Waals surface area contributed by atoms with Crippen LogP contribution in [0.4, 0.5) is 0 Å². The molecule has 1 heterocycles. The van der Waals surface area contributed by atoms with Crippen molar-refractivity contribution in [1.82, 2.24) is 0 Å². The van der Waals surface area contributed by atoms with Gasteiger partial charge in [0.1, 0.15) is 6.61 Å². The predicted octanol–water partition coefficient (Wildman–Crippen LogP) is 3.40. The van der Waals surface area contributed by atoms with Gasteiger partial charge in [-0.1, -0.05) is 18.2 Å². The van der Waals surface area contributed by atoms with Crippen LogP contribution in [-0.4, -0.2) is 31.3 Å². The average Bonchev–Trinajstić information content (AvgIpc) is 3.01. The number of fused-ring (bicyclic) bond motifs is 1. The standard InChI is InChI=1S/C20H20O6/c1-20(2,19(22)23)16-12(8-9-15(24-3)17(16)25-4)11-6-5-7-13-14(11)10-26-18(13)21/h5-9H,10H2,1-4H3,(H,22,23). The number of carboxylic acids is 1. The second kappa shape index (κ2) is 6.37. The van der Waals surface area contributed by atoms with Gasteiger partial charge in [-0.25, -0.2) is 4.79 Å². The van der Waals surface area contributed by atoms with E-state index in [4.69, 9.17) is 14.2 Å². The molecule has 0 aromatic heterocycles. The van der Waals surface area contributed by atoms with E-state index in [0.717, 1.165) is 11.1 Å². The van der Waals surface area contributed by atoms with E-state index in [1.54, 1.807) is 38.1 Å². The van der Waals surface area contributed by atoms with Gasteiger partial charge in [-0.2, -0.15) is 0 Å². The molecule has 0 unspecified atom stereocenters. The molecule has 0 bridgehead atoms. The van der Waals surface area contributed by atoms with E-state index in [2.05, 4.69) is 0 Å². The van der Waals surface area contributed by atoms with Crippen LogP contribution in [0, 0.1) is 0 Å². The number of benzene rings is 2. The van der Waals surface area contributed by atoms with E-state index in [-0.39, 0.29) is 12.6 Å². The average molecular weight is 356 g/mol. The summed E-state index contributed by atoms with van der Waals surface area (Å²) in [7, 11) is 2.98. The summed E-state index contributed by atoms with van der Waals surface area (Å²) in [5.74, 6) is -0.563. The topological polar surface area (TPSA) is 82.1 Å². The molecule has 26 heavy (non-hydrogen) atoms. The van der Waals surface area contributed by atoms with Crippen molar-refractivity contribution in [3.8, 4) is 22.6 Å². The Morgan fingerprint density at radius 2 is 1.77 bits per heavy atom. The molecule has 0 atom stereocenters. The molecule has 3 rings (SSSR count). The Morgan fingerprint density at radius 1 is 1.08 bits per heavy atom. The smallest absolute Gasteiger partial charge is 0.338 e. The van der Waals surface area contributed by atoms with Crippen molar-refractivity contribution in [1.29, 1.82) is 0 Å². The third kappa shape index (κ3) is 2.58. The number of methoxy groups -OCH3 is 2. The van der Waals surface area contributed by atoms with Gasteiger partial charge in [0.2, 0.25) is 0 Å². The number of cyclic esters (lactones) is 1. The molecule has 0 spiro atoms. The molecule has 0 saturated carbocycles. The van der Waals surface area contributed by atoms with E-state index in [1.165, 1.54) is 14.2 Å². The fourth-order valence-corrected chi connectivity index (χ4v) is 3.28. The lowest BCUT2D eigenvalue weighted by Gasteiger charge is -2.27. The predicted molar refractivity (Wildman–Crippen MR) is 94.8 cm³/mol. The fourth-order valence-electron chi connectivity index (χ4n) is 3.28. The van der Waals surface area contributed by atoms with Gasteiger partial charge in [-0.05, 0) is 37.1 Å². The number of carboxylic acid groups (broad SMARTS) is 1. The van der Waals surface area contributed by atoms with Gasteiger partial charge in [0.15, 0.2) is 11.5 Å². The zero-order valence-corrected chi connectivity index (χ0v) is 15.1. The molecule has 1 N–H and O–H groups in total. The lowest BCUT2D eigenvalue weighted by molar-refractivity contribution is -0.142. The van der Waals surface area contributed by atoms with Gasteiger partial charge in [-0.3, -0.25) is 4.79 Å². The van der Waals surface area contributed by atoms with Crippen LogP contribution >= 0.6 is 0 Å². The van der Waals surface area contributed by atoms with Crippen molar-refractivity contribution >= 4 is 11.9 Å². The van der Waals surface area contributed by atoms with Gasteiger partial charge in [-0.15, -0.1) is 0 Å². The van der Waals surface area contributed by atoms with E-state index < -0.39 is 11.4 Å². The second-order valence-corrected chi connectivity index (χ2v) is 6.56. The minimum absolute atomic E-state index is 0.158. The van der Waals surface area contributed by atoms with Gasteiger partial charge in [0.25, 0.3) is 0 Å². The number of rotatable bonds is 5. The van der Waals surface area contributed by atoms with E-state index >= 15 is 0 Å². The van der Waals surface area contributed by atoms with E-state index in [9.17, 15) is 14.7 Å². The Morgan fingerprint density at radius 3 is 2.38 bits per heavy atom. The summed E-state index contributed by atoms with van der Waals surface area (Å²) in [5.41, 5.74) is 1.90. The normalized spacial score (nSPS) is 13.2. The molecule has 0 aliphatic carbocycles. The summed E-state index contributed by atoms with van der Waals surface area (Å²) in [6.07, 6.45) is 0. The van der Waals surface area contributed by atoms with Crippen molar-refractivity contribution in [2.45, 2.75) is 25.9 Å². The van der Waals surface area contributed by atoms with Crippen LogP contribution in [0.3, 0.4) is 0 Å². The lowest BCUT2D eigenvalue weighted by Crippen LogP contribution is -2.30. The first-order valence-electron chi connectivity index (χ1n) is 8.11. The molecule has 1 aliphatic heterocycles. The zero-order valence-electron chi connectivity index (χ0n) is 15.1. The number of ether oxygens (including phenoxy) is 3. The van der Waals surface area contributed by atoms with Crippen LogP contribution in [0.1, 0.15) is 35.3 Å². The third-order valence-corrected chi connectivity index (χ3v) is 4.74. The minimum atomic E-state index is -1.25. The SMILES string of the molecule is COc1ccc(-c2cccc3c2COC3=O)c(C(C)(C)C(=O)O)c1OC. The molecule has 0 radical (unpaired) electrons. The molecule has 2 aromatic rings. The Kier molecular flexibility index (Phi) is 4.36. The second-order valence-electron chi connectivity index (χ2n) is 6.56. The van der Waals surface area contributed by atoms with Crippen molar-refractivity contribution in [3.63, 3.8) is 0 Å². The Balaban J connectivity index is 2.37. The summed E-state index contributed by atoms with van der Waals surface area (Å²) < 4.78 is 16.0. The first kappa shape index (κ1) is 17.8. The summed E-state index contributed by atoms with van der Waals surface area (Å²) in [6.45, 7) is 3.38. The molecule has 1 aliphatic rings. The summed E-state index contributed by atoms with van der Waals surface area (Å²) >= 11 is 0. The summed E-state index contributed by atoms with van der Waals surface area (Å²) in [6, 6.07) is 8.84. The quantitative estimate of drug-likeness (QED) is 0.827. The first-order chi connectivity index (χ1) is 12.3. The number of carbonyl (C=O) groups excluding carboxylic acids is 1. The Bertz CT molecular complexity index is 897. The van der Waals surface area contributed by atoms with Crippen LogP contribution in [0.25, 0.3) is 11.1 Å². The molecule has 2 aromatic carbocycles. The highest BCUT2D eigenvalue weighted by Gasteiger charge is 2.37. The van der Waals surface area contributed by atoms with Crippen molar-refractivity contribution < 1.29 is 28.9 Å². The number of hydrogen-bond donors (Lipinski definition) is 1. The highest BCUT2D eigenvalue weighted by molar-refractivity contribution is 5.97. The molecular weight excluding hydrogens is 336 g/mol. The molecule has 136 valence electrons. The van der Waals surface area contributed by atoms with Crippen LogP contribution < -0.4 is 9.47 Å². The van der Waals surface area contributed by atoms with Crippen LogP contribution in [-0.2, 0) is 21.6 Å². The number of aliphatic carboxylic acids is 1. The lowest BCUT2D eigenvalue weighted by atomic mass is 9.78. The monoisotopic (exact) mass is 356 g/mol. The maximum Gasteiger partial charge on any atom is 0.338 e. The fraction of sp³-hybridized carbons (Fsp3) is 0.300. The van der Waals surface area contributed by atoms with E-state index in [1.807, 2.05) is 6.07 Å². The molecule has 0 fully saturated rings. The minimum Gasteiger partial charge on any atom is -0.493 e. The van der Waals surface area contributed by atoms with Gasteiger partial charge in [0.05, 0.1) is 25.2 Å². The number of hydrogen-bond acceptors (Lipinski definition) is 5. The van der Waals surface area contributed by atoms with Gasteiger partial charge < -0.3 is 19.3 Å². The van der Waals surface area contributed by atoms with Crippen LogP contribution in [0.15, 0.2) is 30.3 Å². The van der Waals surface area contributed by atoms with Gasteiger partial charge in [0, 0.05) is 11.1 Å². The molecule has 0 saturated heterocycles. The van der Waals surface area contributed by atoms with Crippen LogP contribution in [0.5, 0.6) is 11.5 Å². The van der Waals surface area contributed by atoms with E-state index in [0.29, 0.717) is 28.2 Å². The largest absolute Gasteiger partial charge is 0.493 e. The highest BCUT2D eigenvalue weighted by atomic mass is 16.5. The Hall–Kier alpha value is -3.02. The summed E-state index contributed by atoms with van der Waals surface area (Å²) in [4.78, 5) is 23.9. The molecular formula is C20H20O6. The van der Waals surface area contributed by atoms with Crippen molar-refractivity contribution in [3.05, 3.63) is 47.0 Å². The number of esters is 1. The maximum atomic E-state index is 12.0. The maximum absolute atomic E-state index is 12.0. The highest BCUT2D eigenvalue weighted by Crippen LogP contribution is 2.46. The Labute approximate surface area is 151 Å². The third-order valence-electron chi connectivity index (χ3n) is 4.74. The van der Waals surface area contributed by atoms with Gasteiger partial charge >= 0.3 is 11.9 Å². The first-order valence-corrected chi connectivity index (χ1v) is 8.11. The van der Waals surface area contributed by atoms with Crippen LogP contribution in [0.2, 0.25) is 0 Å². The zero-order chi connectivity index (χ0) is 19.1. The number of carbonyl (C=O) groups is 2. The molecule has 6 heteroatoms. The molecule has 0 amide bonds. The van der Waals surface area contributed by atoms with Crippen molar-refractivity contribution in [2.75, 3.05) is 14.2 Å². The summed E-state index contributed by atoms with van der Waals surface area (Å²) in [5, 5.41) is 9.81.